The molecule has 0 bridgehead atoms. The Balaban J connectivity index is 2.05. The van der Waals surface area contributed by atoms with Crippen LogP contribution in [0.15, 0.2) is 24.3 Å². The Hall–Kier alpha value is -1.50. The number of fused-ring (bicyclic) bond motifs is 1. The molecule has 0 N–H and O–H groups in total. The first-order valence-electron chi connectivity index (χ1n) is 6.76. The predicted octanol–water partition coefficient (Wildman–Crippen LogP) is 2.95. The number of benzene rings is 1. The van der Waals surface area contributed by atoms with E-state index in [1.165, 1.54) is 5.56 Å². The van der Waals surface area contributed by atoms with Gasteiger partial charge in [0.15, 0.2) is 6.10 Å². The third-order valence-corrected chi connectivity index (χ3v) is 3.10. The summed E-state index contributed by atoms with van der Waals surface area (Å²) in [6.45, 7) is 7.15. The van der Waals surface area contributed by atoms with Crippen LogP contribution >= 0.6 is 0 Å². The van der Waals surface area contributed by atoms with Crippen molar-refractivity contribution in [1.82, 2.24) is 0 Å². The molecule has 0 aromatic heterocycles. The largest absolute Gasteiger partial charge is 0.477 e. The maximum Gasteiger partial charge on any atom is 0.222 e. The summed E-state index contributed by atoms with van der Waals surface area (Å²) in [6, 6.07) is 8.07. The minimum Gasteiger partial charge on any atom is -0.477 e. The quantitative estimate of drug-likeness (QED) is 0.615. The van der Waals surface area contributed by atoms with E-state index in [0.29, 0.717) is 13.2 Å². The Morgan fingerprint density at radius 3 is 2.53 bits per heavy atom. The maximum absolute atomic E-state index is 5.84. The van der Waals surface area contributed by atoms with Crippen LogP contribution in [0, 0.1) is 11.8 Å². The number of rotatable bonds is 4. The SMILES string of the molecule is CCOC(C#CC1Oc2ccccc2C1C)OCC. The first kappa shape index (κ1) is 13.9. The van der Waals surface area contributed by atoms with E-state index in [9.17, 15) is 0 Å². The Kier molecular flexibility index (Phi) is 4.84. The molecule has 2 atom stereocenters. The third kappa shape index (κ3) is 3.28. The van der Waals surface area contributed by atoms with Crippen LogP contribution in [0.3, 0.4) is 0 Å². The van der Waals surface area contributed by atoms with Crippen molar-refractivity contribution in [1.29, 1.82) is 0 Å². The highest BCUT2D eigenvalue weighted by atomic mass is 16.7. The van der Waals surface area contributed by atoms with E-state index in [0.717, 1.165) is 5.75 Å². The highest BCUT2D eigenvalue weighted by molar-refractivity contribution is 5.42. The van der Waals surface area contributed by atoms with Crippen molar-refractivity contribution in [2.24, 2.45) is 0 Å². The zero-order chi connectivity index (χ0) is 13.7. The lowest BCUT2D eigenvalue weighted by Crippen LogP contribution is -2.18. The van der Waals surface area contributed by atoms with E-state index in [2.05, 4.69) is 24.8 Å². The minimum absolute atomic E-state index is 0.124. The van der Waals surface area contributed by atoms with Crippen LogP contribution < -0.4 is 4.74 Å². The van der Waals surface area contributed by atoms with E-state index >= 15 is 0 Å². The van der Waals surface area contributed by atoms with Crippen LogP contribution in [0.5, 0.6) is 5.75 Å². The fourth-order valence-electron chi connectivity index (χ4n) is 2.10. The van der Waals surface area contributed by atoms with Crippen LogP contribution in [0.4, 0.5) is 0 Å². The Morgan fingerprint density at radius 1 is 1.21 bits per heavy atom. The Labute approximate surface area is 114 Å². The molecule has 2 rings (SSSR count). The molecule has 0 saturated carbocycles. The van der Waals surface area contributed by atoms with Gasteiger partial charge in [-0.25, -0.2) is 0 Å². The number of para-hydroxylation sites is 1. The topological polar surface area (TPSA) is 27.7 Å². The van der Waals surface area contributed by atoms with Crippen molar-refractivity contribution in [3.05, 3.63) is 29.8 Å². The van der Waals surface area contributed by atoms with Crippen molar-refractivity contribution in [2.45, 2.75) is 39.1 Å². The van der Waals surface area contributed by atoms with Gasteiger partial charge < -0.3 is 14.2 Å². The Bertz CT molecular complexity index is 466. The highest BCUT2D eigenvalue weighted by Crippen LogP contribution is 2.37. The summed E-state index contributed by atoms with van der Waals surface area (Å²) in [6.07, 6.45) is -0.588. The second-order valence-electron chi connectivity index (χ2n) is 4.40. The number of hydrogen-bond donors (Lipinski definition) is 0. The molecule has 1 aliphatic rings. The standard InChI is InChI=1S/C16H20O3/c1-4-17-16(18-5-2)11-10-14-12(3)13-8-6-7-9-15(13)19-14/h6-9,12,14,16H,4-5H2,1-3H3. The van der Waals surface area contributed by atoms with Crippen LogP contribution in [0.2, 0.25) is 0 Å². The maximum atomic E-state index is 5.84. The summed E-state index contributed by atoms with van der Waals surface area (Å²) in [5.74, 6) is 7.34. The lowest BCUT2D eigenvalue weighted by Gasteiger charge is -2.11. The molecule has 0 aliphatic carbocycles. The molecule has 3 nitrogen and oxygen atoms in total. The van der Waals surface area contributed by atoms with E-state index < -0.39 is 6.29 Å². The van der Waals surface area contributed by atoms with Crippen molar-refractivity contribution >= 4 is 0 Å². The van der Waals surface area contributed by atoms with Gasteiger partial charge in [-0.3, -0.25) is 0 Å². The molecule has 0 radical (unpaired) electrons. The summed E-state index contributed by atoms with van der Waals surface area (Å²) in [7, 11) is 0. The molecule has 19 heavy (non-hydrogen) atoms. The van der Waals surface area contributed by atoms with Crippen LogP contribution in [0.1, 0.15) is 32.3 Å². The second-order valence-corrected chi connectivity index (χ2v) is 4.40. The summed E-state index contributed by atoms with van der Waals surface area (Å²) >= 11 is 0. The van der Waals surface area contributed by atoms with Gasteiger partial charge in [0.2, 0.25) is 6.29 Å². The van der Waals surface area contributed by atoms with E-state index in [4.69, 9.17) is 14.2 Å². The van der Waals surface area contributed by atoms with E-state index in [-0.39, 0.29) is 12.0 Å². The van der Waals surface area contributed by atoms with Crippen molar-refractivity contribution in [3.8, 4) is 17.6 Å². The van der Waals surface area contributed by atoms with Gasteiger partial charge in [-0.1, -0.05) is 31.0 Å². The van der Waals surface area contributed by atoms with Crippen LogP contribution in [-0.2, 0) is 9.47 Å². The molecule has 1 heterocycles. The normalized spacial score (nSPS) is 20.6. The van der Waals surface area contributed by atoms with Gasteiger partial charge >= 0.3 is 0 Å². The molecule has 1 aromatic carbocycles. The first-order valence-corrected chi connectivity index (χ1v) is 6.76. The van der Waals surface area contributed by atoms with Gasteiger partial charge in [0.1, 0.15) is 5.75 Å². The summed E-state index contributed by atoms with van der Waals surface area (Å²) in [5, 5.41) is 0. The molecule has 2 unspecified atom stereocenters. The van der Waals surface area contributed by atoms with Crippen molar-refractivity contribution < 1.29 is 14.2 Å². The second kappa shape index (κ2) is 6.60. The van der Waals surface area contributed by atoms with Crippen molar-refractivity contribution in [3.63, 3.8) is 0 Å². The van der Waals surface area contributed by atoms with E-state index in [1.807, 2.05) is 32.0 Å². The lowest BCUT2D eigenvalue weighted by molar-refractivity contribution is -0.0971. The van der Waals surface area contributed by atoms with Gasteiger partial charge in [-0.05, 0) is 25.8 Å². The van der Waals surface area contributed by atoms with Crippen LogP contribution in [0.25, 0.3) is 0 Å². The van der Waals surface area contributed by atoms with Gasteiger partial charge in [0.25, 0.3) is 0 Å². The molecule has 1 aliphatic heterocycles. The number of hydrogen-bond acceptors (Lipinski definition) is 3. The predicted molar refractivity (Wildman–Crippen MR) is 74.1 cm³/mol. The molecule has 0 fully saturated rings. The monoisotopic (exact) mass is 260 g/mol. The number of ether oxygens (including phenoxy) is 3. The van der Waals surface area contributed by atoms with E-state index in [1.54, 1.807) is 0 Å². The Morgan fingerprint density at radius 2 is 1.89 bits per heavy atom. The zero-order valence-electron chi connectivity index (χ0n) is 11.7. The van der Waals surface area contributed by atoms with Gasteiger partial charge in [0, 0.05) is 24.7 Å². The summed E-state index contributed by atoms with van der Waals surface area (Å²) in [5.41, 5.74) is 1.21. The fraction of sp³-hybridized carbons (Fsp3) is 0.500. The zero-order valence-corrected chi connectivity index (χ0v) is 11.7. The smallest absolute Gasteiger partial charge is 0.222 e. The summed E-state index contributed by atoms with van der Waals surface area (Å²) in [4.78, 5) is 0. The molecule has 1 aromatic rings. The molecule has 0 spiro atoms. The van der Waals surface area contributed by atoms with Crippen molar-refractivity contribution in [2.75, 3.05) is 13.2 Å². The van der Waals surface area contributed by atoms with Gasteiger partial charge in [-0.2, -0.15) is 0 Å². The van der Waals surface area contributed by atoms with Gasteiger partial charge in [0.05, 0.1) is 0 Å². The molecule has 0 saturated heterocycles. The molecular formula is C16H20O3. The average Bonchev–Trinajstić information content (AvgIpc) is 2.74. The third-order valence-electron chi connectivity index (χ3n) is 3.10. The fourth-order valence-corrected chi connectivity index (χ4v) is 2.10. The van der Waals surface area contributed by atoms with Crippen LogP contribution in [-0.4, -0.2) is 25.6 Å². The molecule has 0 amide bonds. The molecule has 3 heteroatoms. The molecular weight excluding hydrogens is 240 g/mol. The lowest BCUT2D eigenvalue weighted by atomic mass is 9.98. The van der Waals surface area contributed by atoms with Gasteiger partial charge in [-0.15, -0.1) is 0 Å². The average molecular weight is 260 g/mol. The molecule has 102 valence electrons. The first-order chi connectivity index (χ1) is 9.26. The summed E-state index contributed by atoms with van der Waals surface area (Å²) < 4.78 is 16.6. The highest BCUT2D eigenvalue weighted by Gasteiger charge is 2.29. The minimum atomic E-state index is -0.463.